The highest BCUT2D eigenvalue weighted by atomic mass is 16.5. The van der Waals surface area contributed by atoms with Gasteiger partial charge in [-0.15, -0.1) is 0 Å². The number of aryl methyl sites for hydroxylation is 1. The highest BCUT2D eigenvalue weighted by molar-refractivity contribution is 5.90. The van der Waals surface area contributed by atoms with Crippen molar-refractivity contribution in [2.24, 2.45) is 7.05 Å². The summed E-state index contributed by atoms with van der Waals surface area (Å²) in [6.45, 7) is 3.04. The van der Waals surface area contributed by atoms with Crippen molar-refractivity contribution in [2.45, 2.75) is 25.0 Å². The molecule has 2 unspecified atom stereocenters. The summed E-state index contributed by atoms with van der Waals surface area (Å²) < 4.78 is 7.80. The number of rotatable bonds is 6. The van der Waals surface area contributed by atoms with E-state index >= 15 is 0 Å². The molecular weight excluding hydrogens is 420 g/mol. The van der Waals surface area contributed by atoms with Crippen molar-refractivity contribution in [3.8, 4) is 11.4 Å². The molecule has 0 saturated carbocycles. The Bertz CT molecular complexity index is 1130. The van der Waals surface area contributed by atoms with Gasteiger partial charge in [-0.2, -0.15) is 5.10 Å². The van der Waals surface area contributed by atoms with E-state index in [1.54, 1.807) is 4.68 Å². The zero-order valence-corrected chi connectivity index (χ0v) is 19.3. The standard InChI is InChI=1S/C23H30N8O2/c1-29(2)11-10-24-23(32)26-16-6-4-15(5-7-16)20-27-21-19(12-25-30(21)3)22(28-20)31-13-17-8-9-18(14-31)33-17/h4-7,12,17-18H,8-11,13-14H2,1-3H3,(H2,24,26,32). The van der Waals surface area contributed by atoms with Crippen LogP contribution in [0, 0.1) is 0 Å². The van der Waals surface area contributed by atoms with Crippen LogP contribution < -0.4 is 15.5 Å². The molecule has 2 aliphatic heterocycles. The number of aromatic nitrogens is 4. The zero-order valence-electron chi connectivity index (χ0n) is 19.3. The topological polar surface area (TPSA) is 100 Å². The van der Waals surface area contributed by atoms with Crippen LogP contribution in [0.4, 0.5) is 16.3 Å². The number of benzene rings is 1. The summed E-state index contributed by atoms with van der Waals surface area (Å²) in [7, 11) is 5.84. The average Bonchev–Trinajstić information content (AvgIpc) is 3.34. The highest BCUT2D eigenvalue weighted by Gasteiger charge is 2.35. The number of nitrogens with one attached hydrogen (secondary N) is 2. The van der Waals surface area contributed by atoms with E-state index in [4.69, 9.17) is 14.7 Å². The molecule has 2 saturated heterocycles. The van der Waals surface area contributed by atoms with Crippen molar-refractivity contribution in [3.63, 3.8) is 0 Å². The van der Waals surface area contributed by atoms with Crippen LogP contribution in [0.25, 0.3) is 22.4 Å². The van der Waals surface area contributed by atoms with Gasteiger partial charge in [-0.05, 0) is 51.2 Å². The second-order valence-corrected chi connectivity index (χ2v) is 9.00. The summed E-state index contributed by atoms with van der Waals surface area (Å²) >= 11 is 0. The molecule has 3 aromatic rings. The molecule has 2 amide bonds. The number of nitrogens with zero attached hydrogens (tertiary/aromatic N) is 6. The summed E-state index contributed by atoms with van der Waals surface area (Å²) in [5.41, 5.74) is 2.40. The third-order valence-electron chi connectivity index (χ3n) is 6.16. The molecule has 0 radical (unpaired) electrons. The lowest BCUT2D eigenvalue weighted by Gasteiger charge is -2.33. The van der Waals surface area contributed by atoms with Crippen LogP contribution in [0.3, 0.4) is 0 Å². The Morgan fingerprint density at radius 1 is 1.15 bits per heavy atom. The van der Waals surface area contributed by atoms with Crippen molar-refractivity contribution in [1.82, 2.24) is 30.0 Å². The molecular formula is C23H30N8O2. The Morgan fingerprint density at radius 3 is 2.58 bits per heavy atom. The van der Waals surface area contributed by atoms with Crippen LogP contribution >= 0.6 is 0 Å². The SMILES string of the molecule is CN(C)CCNC(=O)Nc1ccc(-c2nc(N3CC4CCC(C3)O4)c3cnn(C)c3n2)cc1. The monoisotopic (exact) mass is 450 g/mol. The van der Waals surface area contributed by atoms with Crippen molar-refractivity contribution in [1.29, 1.82) is 0 Å². The third-order valence-corrected chi connectivity index (χ3v) is 6.16. The predicted molar refractivity (Wildman–Crippen MR) is 127 cm³/mol. The van der Waals surface area contributed by atoms with Crippen molar-refractivity contribution in [3.05, 3.63) is 30.5 Å². The summed E-state index contributed by atoms with van der Waals surface area (Å²) in [5, 5.41) is 11.1. The lowest BCUT2D eigenvalue weighted by molar-refractivity contribution is 0.0303. The second-order valence-electron chi connectivity index (χ2n) is 9.00. The molecule has 4 heterocycles. The number of carbonyl (C=O) groups excluding carboxylic acids is 1. The fraction of sp³-hybridized carbons (Fsp3) is 0.478. The van der Waals surface area contributed by atoms with Gasteiger partial charge in [0.1, 0.15) is 5.82 Å². The van der Waals surface area contributed by atoms with Gasteiger partial charge in [-0.1, -0.05) is 0 Å². The Balaban J connectivity index is 1.37. The number of likely N-dealkylation sites (N-methyl/N-ethyl adjacent to an activating group) is 1. The normalized spacial score (nSPS) is 19.9. The number of anilines is 2. The molecule has 2 bridgehead atoms. The van der Waals surface area contributed by atoms with Gasteiger partial charge in [0.15, 0.2) is 11.5 Å². The number of amides is 2. The number of hydrogen-bond donors (Lipinski definition) is 2. The molecule has 1 aromatic carbocycles. The van der Waals surface area contributed by atoms with Gasteiger partial charge >= 0.3 is 6.03 Å². The van der Waals surface area contributed by atoms with Gasteiger partial charge < -0.3 is 25.2 Å². The number of fused-ring (bicyclic) bond motifs is 3. The minimum atomic E-state index is -0.221. The fourth-order valence-corrected chi connectivity index (χ4v) is 4.44. The van der Waals surface area contributed by atoms with Gasteiger partial charge in [0.05, 0.1) is 23.8 Å². The molecule has 33 heavy (non-hydrogen) atoms. The van der Waals surface area contributed by atoms with Crippen molar-refractivity contribution in [2.75, 3.05) is 50.5 Å². The van der Waals surface area contributed by atoms with Crippen LogP contribution in [0.2, 0.25) is 0 Å². The first-order valence-corrected chi connectivity index (χ1v) is 11.4. The lowest BCUT2D eigenvalue weighted by atomic mass is 10.2. The molecule has 5 rings (SSSR count). The van der Waals surface area contributed by atoms with E-state index in [1.165, 1.54) is 0 Å². The van der Waals surface area contributed by atoms with E-state index in [-0.39, 0.29) is 18.2 Å². The molecule has 0 aliphatic carbocycles. The molecule has 174 valence electrons. The Hall–Kier alpha value is -3.24. The number of morpholine rings is 1. The molecule has 10 nitrogen and oxygen atoms in total. The Labute approximate surface area is 192 Å². The van der Waals surface area contributed by atoms with Crippen molar-refractivity contribution < 1.29 is 9.53 Å². The van der Waals surface area contributed by atoms with E-state index in [2.05, 4.69) is 20.6 Å². The Kier molecular flexibility index (Phi) is 5.86. The van der Waals surface area contributed by atoms with E-state index in [0.29, 0.717) is 18.1 Å². The maximum atomic E-state index is 12.1. The molecule has 2 aromatic heterocycles. The van der Waals surface area contributed by atoms with E-state index in [9.17, 15) is 4.79 Å². The molecule has 2 aliphatic rings. The lowest BCUT2D eigenvalue weighted by Crippen LogP contribution is -2.43. The molecule has 2 N–H and O–H groups in total. The van der Waals surface area contributed by atoms with Crippen LogP contribution in [0.15, 0.2) is 30.5 Å². The summed E-state index contributed by atoms with van der Waals surface area (Å²) in [4.78, 5) is 26.2. The number of carbonyl (C=O) groups is 1. The van der Waals surface area contributed by atoms with E-state index in [0.717, 1.165) is 54.9 Å². The minimum absolute atomic E-state index is 0.221. The van der Waals surface area contributed by atoms with Crippen LogP contribution in [-0.2, 0) is 11.8 Å². The zero-order chi connectivity index (χ0) is 22.9. The van der Waals surface area contributed by atoms with Crippen LogP contribution in [-0.4, -0.2) is 83.2 Å². The van der Waals surface area contributed by atoms with Crippen molar-refractivity contribution >= 4 is 28.6 Å². The first-order valence-electron chi connectivity index (χ1n) is 11.4. The molecule has 2 fully saturated rings. The van der Waals surface area contributed by atoms with E-state index in [1.807, 2.05) is 56.5 Å². The summed E-state index contributed by atoms with van der Waals surface area (Å²) in [5.74, 6) is 1.55. The predicted octanol–water partition coefficient (Wildman–Crippen LogP) is 2.08. The second kappa shape index (κ2) is 8.95. The number of hydrogen-bond acceptors (Lipinski definition) is 7. The van der Waals surface area contributed by atoms with Crippen LogP contribution in [0.1, 0.15) is 12.8 Å². The van der Waals surface area contributed by atoms with Crippen LogP contribution in [0.5, 0.6) is 0 Å². The summed E-state index contributed by atoms with van der Waals surface area (Å²) in [6.07, 6.45) is 4.58. The maximum absolute atomic E-state index is 12.1. The molecule has 0 spiro atoms. The van der Waals surface area contributed by atoms with Gasteiger partial charge in [-0.25, -0.2) is 14.8 Å². The van der Waals surface area contributed by atoms with Gasteiger partial charge in [-0.3, -0.25) is 4.68 Å². The largest absolute Gasteiger partial charge is 0.371 e. The first-order chi connectivity index (χ1) is 16.0. The highest BCUT2D eigenvalue weighted by Crippen LogP contribution is 2.33. The Morgan fingerprint density at radius 2 is 1.88 bits per heavy atom. The maximum Gasteiger partial charge on any atom is 0.319 e. The number of urea groups is 1. The third kappa shape index (κ3) is 4.62. The van der Waals surface area contributed by atoms with Gasteiger partial charge in [0.2, 0.25) is 0 Å². The minimum Gasteiger partial charge on any atom is -0.371 e. The molecule has 2 atom stereocenters. The van der Waals surface area contributed by atoms with Gasteiger partial charge in [0, 0.05) is 44.5 Å². The smallest absolute Gasteiger partial charge is 0.319 e. The number of ether oxygens (including phenoxy) is 1. The first kappa shape index (κ1) is 21.6. The average molecular weight is 451 g/mol. The van der Waals surface area contributed by atoms with Gasteiger partial charge in [0.25, 0.3) is 0 Å². The molecule has 10 heteroatoms. The summed E-state index contributed by atoms with van der Waals surface area (Å²) in [6, 6.07) is 7.37. The fourth-order valence-electron chi connectivity index (χ4n) is 4.44. The quantitative estimate of drug-likeness (QED) is 0.593. The van der Waals surface area contributed by atoms with E-state index < -0.39 is 0 Å².